The quantitative estimate of drug-likeness (QED) is 0.912. The minimum atomic E-state index is -0.0583. The van der Waals surface area contributed by atoms with Crippen molar-refractivity contribution in [3.8, 4) is 0 Å². The van der Waals surface area contributed by atoms with E-state index in [2.05, 4.69) is 27.0 Å². The standard InChI is InChI=1S/C18H27N3O2S/c22-17(21-6-1-2-7-21)19-16-3-9-23-18(11-16)5-8-20(14-18)12-15-4-10-24-13-15/h4,10,13,16H,1-3,5-9,11-12,14H2,(H,19,22)/t16-,18-/m0/s1. The number of nitrogens with one attached hydrogen (secondary N) is 1. The summed E-state index contributed by atoms with van der Waals surface area (Å²) in [5.41, 5.74) is 1.34. The summed E-state index contributed by atoms with van der Waals surface area (Å²) in [5, 5.41) is 7.63. The highest BCUT2D eigenvalue weighted by atomic mass is 32.1. The Morgan fingerprint density at radius 3 is 3.04 bits per heavy atom. The number of nitrogens with zero attached hydrogens (tertiary/aromatic N) is 2. The Morgan fingerprint density at radius 1 is 1.38 bits per heavy atom. The Morgan fingerprint density at radius 2 is 2.25 bits per heavy atom. The van der Waals surface area contributed by atoms with Gasteiger partial charge in [-0.25, -0.2) is 4.79 Å². The van der Waals surface area contributed by atoms with Crippen molar-refractivity contribution in [3.05, 3.63) is 22.4 Å². The van der Waals surface area contributed by atoms with Gasteiger partial charge < -0.3 is 15.0 Å². The highest BCUT2D eigenvalue weighted by Crippen LogP contribution is 2.35. The molecule has 4 heterocycles. The first kappa shape index (κ1) is 16.4. The molecule has 3 saturated heterocycles. The van der Waals surface area contributed by atoms with Gasteiger partial charge in [0, 0.05) is 45.4 Å². The maximum absolute atomic E-state index is 12.4. The molecule has 3 aliphatic rings. The lowest BCUT2D eigenvalue weighted by molar-refractivity contribution is -0.0792. The molecule has 2 atom stereocenters. The summed E-state index contributed by atoms with van der Waals surface area (Å²) in [6.07, 6.45) is 5.25. The normalized spacial score (nSPS) is 31.0. The minimum Gasteiger partial charge on any atom is -0.373 e. The van der Waals surface area contributed by atoms with Crippen LogP contribution in [0.3, 0.4) is 0 Å². The average Bonchev–Trinajstić information content (AvgIpc) is 3.31. The smallest absolute Gasteiger partial charge is 0.317 e. The van der Waals surface area contributed by atoms with Gasteiger partial charge >= 0.3 is 6.03 Å². The van der Waals surface area contributed by atoms with Crippen molar-refractivity contribution >= 4 is 17.4 Å². The van der Waals surface area contributed by atoms with Gasteiger partial charge in [-0.2, -0.15) is 11.3 Å². The Labute approximate surface area is 148 Å². The summed E-state index contributed by atoms with van der Waals surface area (Å²) in [5.74, 6) is 0. The predicted molar refractivity (Wildman–Crippen MR) is 95.3 cm³/mol. The molecule has 5 nitrogen and oxygen atoms in total. The first-order valence-corrected chi connectivity index (χ1v) is 10.1. The maximum Gasteiger partial charge on any atom is 0.317 e. The maximum atomic E-state index is 12.4. The van der Waals surface area contributed by atoms with E-state index >= 15 is 0 Å². The van der Waals surface area contributed by atoms with Gasteiger partial charge in [0.25, 0.3) is 0 Å². The number of carbonyl (C=O) groups excluding carboxylic acids is 1. The molecule has 2 amide bonds. The van der Waals surface area contributed by atoms with Gasteiger partial charge in [-0.3, -0.25) is 4.90 Å². The van der Waals surface area contributed by atoms with Gasteiger partial charge in [0.2, 0.25) is 0 Å². The van der Waals surface area contributed by atoms with Crippen LogP contribution >= 0.6 is 11.3 Å². The SMILES string of the molecule is O=C(N[C@H]1CCO[C@@]2(CCN(Cc3ccsc3)C2)C1)N1CCCC1. The second kappa shape index (κ2) is 7.02. The molecule has 132 valence electrons. The third kappa shape index (κ3) is 3.60. The van der Waals surface area contributed by atoms with Crippen LogP contribution in [0, 0.1) is 0 Å². The molecule has 1 N–H and O–H groups in total. The number of rotatable bonds is 3. The van der Waals surface area contributed by atoms with Gasteiger partial charge in [0.05, 0.1) is 5.60 Å². The molecular formula is C18H27N3O2S. The molecule has 1 aromatic rings. The average molecular weight is 350 g/mol. The molecule has 0 radical (unpaired) electrons. The second-order valence-electron chi connectivity index (χ2n) is 7.46. The van der Waals surface area contributed by atoms with Crippen molar-refractivity contribution < 1.29 is 9.53 Å². The summed E-state index contributed by atoms with van der Waals surface area (Å²) < 4.78 is 6.21. The summed E-state index contributed by atoms with van der Waals surface area (Å²) in [4.78, 5) is 16.8. The highest BCUT2D eigenvalue weighted by molar-refractivity contribution is 7.07. The molecule has 0 aliphatic carbocycles. The Hall–Kier alpha value is -1.11. The van der Waals surface area contributed by atoms with E-state index in [1.54, 1.807) is 11.3 Å². The van der Waals surface area contributed by atoms with E-state index in [0.29, 0.717) is 0 Å². The molecule has 0 aromatic carbocycles. The highest BCUT2D eigenvalue weighted by Gasteiger charge is 2.43. The first-order chi connectivity index (χ1) is 11.7. The molecule has 24 heavy (non-hydrogen) atoms. The van der Waals surface area contributed by atoms with E-state index in [0.717, 1.165) is 71.4 Å². The summed E-state index contributed by atoms with van der Waals surface area (Å²) in [6, 6.07) is 2.59. The lowest BCUT2D eigenvalue weighted by Gasteiger charge is -2.39. The molecule has 1 aromatic heterocycles. The topological polar surface area (TPSA) is 44.8 Å². The number of amides is 2. The minimum absolute atomic E-state index is 0.0583. The lowest BCUT2D eigenvalue weighted by Crippen LogP contribution is -2.52. The van der Waals surface area contributed by atoms with E-state index in [1.807, 2.05) is 4.90 Å². The number of hydrogen-bond acceptors (Lipinski definition) is 4. The fourth-order valence-electron chi connectivity index (χ4n) is 4.32. The third-order valence-electron chi connectivity index (χ3n) is 5.60. The Kier molecular flexibility index (Phi) is 4.79. The number of hydrogen-bond donors (Lipinski definition) is 1. The number of urea groups is 1. The van der Waals surface area contributed by atoms with Crippen LogP contribution < -0.4 is 5.32 Å². The van der Waals surface area contributed by atoms with Gasteiger partial charge in [-0.1, -0.05) is 0 Å². The predicted octanol–water partition coefficient (Wildman–Crippen LogP) is 2.68. The molecule has 3 fully saturated rings. The van der Waals surface area contributed by atoms with Crippen molar-refractivity contribution in [1.29, 1.82) is 0 Å². The van der Waals surface area contributed by atoms with E-state index < -0.39 is 0 Å². The number of carbonyl (C=O) groups is 1. The van der Waals surface area contributed by atoms with Crippen LogP contribution in [0.5, 0.6) is 0 Å². The zero-order valence-corrected chi connectivity index (χ0v) is 15.0. The molecular weight excluding hydrogens is 322 g/mol. The first-order valence-electron chi connectivity index (χ1n) is 9.15. The molecule has 4 rings (SSSR count). The summed E-state index contributed by atoms with van der Waals surface area (Å²) >= 11 is 1.76. The number of thiophene rings is 1. The fraction of sp³-hybridized carbons (Fsp3) is 0.722. The number of likely N-dealkylation sites (tertiary alicyclic amines) is 2. The van der Waals surface area contributed by atoms with Crippen LogP contribution in [-0.4, -0.2) is 60.3 Å². The van der Waals surface area contributed by atoms with Crippen molar-refractivity contribution in [2.75, 3.05) is 32.8 Å². The van der Waals surface area contributed by atoms with Gasteiger partial charge in [0.1, 0.15) is 0 Å². The van der Waals surface area contributed by atoms with Crippen LogP contribution in [0.15, 0.2) is 16.8 Å². The molecule has 3 aliphatic heterocycles. The van der Waals surface area contributed by atoms with Crippen molar-refractivity contribution in [2.24, 2.45) is 0 Å². The molecule has 0 saturated carbocycles. The summed E-state index contributed by atoms with van der Waals surface area (Å²) in [7, 11) is 0. The van der Waals surface area contributed by atoms with Crippen LogP contribution in [0.25, 0.3) is 0 Å². The van der Waals surface area contributed by atoms with E-state index in [9.17, 15) is 4.79 Å². The van der Waals surface area contributed by atoms with Crippen LogP contribution in [-0.2, 0) is 11.3 Å². The Balaban J connectivity index is 1.32. The Bertz CT molecular complexity index is 559. The van der Waals surface area contributed by atoms with Crippen molar-refractivity contribution in [2.45, 2.75) is 50.3 Å². The van der Waals surface area contributed by atoms with Gasteiger partial charge in [0.15, 0.2) is 0 Å². The second-order valence-corrected chi connectivity index (χ2v) is 8.24. The molecule has 1 spiro atoms. The van der Waals surface area contributed by atoms with Crippen LogP contribution in [0.1, 0.15) is 37.7 Å². The van der Waals surface area contributed by atoms with Gasteiger partial charge in [-0.05, 0) is 54.5 Å². The largest absolute Gasteiger partial charge is 0.373 e. The third-order valence-corrected chi connectivity index (χ3v) is 6.33. The molecule has 0 unspecified atom stereocenters. The van der Waals surface area contributed by atoms with Crippen LogP contribution in [0.2, 0.25) is 0 Å². The molecule has 6 heteroatoms. The fourth-order valence-corrected chi connectivity index (χ4v) is 4.98. The van der Waals surface area contributed by atoms with E-state index in [-0.39, 0.29) is 17.7 Å². The van der Waals surface area contributed by atoms with Crippen molar-refractivity contribution in [1.82, 2.24) is 15.1 Å². The molecule has 0 bridgehead atoms. The van der Waals surface area contributed by atoms with E-state index in [4.69, 9.17) is 4.74 Å². The van der Waals surface area contributed by atoms with E-state index in [1.165, 1.54) is 5.56 Å². The summed E-state index contributed by atoms with van der Waals surface area (Å²) in [6.45, 7) is 5.67. The monoisotopic (exact) mass is 349 g/mol. The lowest BCUT2D eigenvalue weighted by atomic mass is 9.89. The zero-order valence-electron chi connectivity index (χ0n) is 14.2. The van der Waals surface area contributed by atoms with Crippen LogP contribution in [0.4, 0.5) is 4.79 Å². The van der Waals surface area contributed by atoms with Gasteiger partial charge in [-0.15, -0.1) is 0 Å². The zero-order chi connectivity index (χ0) is 16.4. The van der Waals surface area contributed by atoms with Crippen molar-refractivity contribution in [3.63, 3.8) is 0 Å². The number of ether oxygens (including phenoxy) is 1.